The van der Waals surface area contributed by atoms with Gasteiger partial charge in [-0.2, -0.15) is 0 Å². The fraction of sp³-hybridized carbons (Fsp3) is 0.0741. The van der Waals surface area contributed by atoms with E-state index in [-0.39, 0.29) is 0 Å². The minimum Gasteiger partial charge on any atom is -0.314 e. The molecule has 0 bridgehead atoms. The van der Waals surface area contributed by atoms with Crippen LogP contribution in [0.3, 0.4) is 0 Å². The summed E-state index contributed by atoms with van der Waals surface area (Å²) >= 11 is 0. The van der Waals surface area contributed by atoms with Crippen molar-refractivity contribution in [1.82, 2.24) is 0 Å². The molecule has 8 aromatic carbocycles. The maximum absolute atomic E-state index is 2.47. The highest BCUT2D eigenvalue weighted by Gasteiger charge is 2.21. The van der Waals surface area contributed by atoms with E-state index in [2.05, 4.69) is 216 Å². The lowest BCUT2D eigenvalue weighted by Crippen LogP contribution is -2.19. The monoisotopic (exact) mass is 718 g/mol. The minimum absolute atomic E-state index is 1.02. The fourth-order valence-electron chi connectivity index (χ4n) is 8.39. The van der Waals surface area contributed by atoms with E-state index < -0.39 is 0 Å². The van der Waals surface area contributed by atoms with Crippen LogP contribution >= 0.6 is 0 Å². The van der Waals surface area contributed by atoms with Gasteiger partial charge in [0, 0.05) is 34.1 Å². The first-order valence-electron chi connectivity index (χ1n) is 19.8. The molecular formula is C54H42N2. The summed E-state index contributed by atoms with van der Waals surface area (Å²) in [6.07, 6.45) is 15.9. The van der Waals surface area contributed by atoms with Crippen molar-refractivity contribution in [2.75, 3.05) is 9.80 Å². The molecule has 0 aromatic heterocycles. The SMILES string of the molecule is C1=CC2=C(C=C(N(c3ccc(/C=C/c4ccc(N(c5ccc6ccccc6c5)c5ccc6ccccc6c5)cc4)cc3)c3ccc4ccccc4c3)CC2)CC1. The van der Waals surface area contributed by atoms with Crippen LogP contribution in [0.25, 0.3) is 44.5 Å². The number of hydrogen-bond acceptors (Lipinski definition) is 2. The molecule has 0 amide bonds. The summed E-state index contributed by atoms with van der Waals surface area (Å²) in [5.41, 5.74) is 12.5. The zero-order chi connectivity index (χ0) is 37.3. The highest BCUT2D eigenvalue weighted by Crippen LogP contribution is 2.40. The number of fused-ring (bicyclic) bond motifs is 3. The maximum atomic E-state index is 2.47. The van der Waals surface area contributed by atoms with Crippen LogP contribution in [0.2, 0.25) is 0 Å². The fourth-order valence-corrected chi connectivity index (χ4v) is 8.39. The van der Waals surface area contributed by atoms with Crippen molar-refractivity contribution in [3.05, 3.63) is 222 Å². The molecule has 0 N–H and O–H groups in total. The first-order valence-corrected chi connectivity index (χ1v) is 19.8. The van der Waals surface area contributed by atoms with Gasteiger partial charge in [0.15, 0.2) is 0 Å². The number of nitrogens with zero attached hydrogens (tertiary/aromatic N) is 2. The van der Waals surface area contributed by atoms with Crippen molar-refractivity contribution in [3.63, 3.8) is 0 Å². The third kappa shape index (κ3) is 6.71. The van der Waals surface area contributed by atoms with Gasteiger partial charge in [-0.1, -0.05) is 140 Å². The highest BCUT2D eigenvalue weighted by molar-refractivity contribution is 5.93. The van der Waals surface area contributed by atoms with Gasteiger partial charge in [0.2, 0.25) is 0 Å². The maximum Gasteiger partial charge on any atom is 0.0468 e. The molecule has 8 aromatic rings. The van der Waals surface area contributed by atoms with Gasteiger partial charge in [-0.05, 0) is 147 Å². The third-order valence-corrected chi connectivity index (χ3v) is 11.3. The predicted octanol–water partition coefficient (Wildman–Crippen LogP) is 15.2. The molecule has 0 unspecified atom stereocenters. The quantitative estimate of drug-likeness (QED) is 0.144. The van der Waals surface area contributed by atoms with E-state index in [1.165, 1.54) is 66.1 Å². The molecular weight excluding hydrogens is 677 g/mol. The molecule has 2 heteroatoms. The summed E-state index contributed by atoms with van der Waals surface area (Å²) in [7, 11) is 0. The smallest absolute Gasteiger partial charge is 0.0468 e. The van der Waals surface area contributed by atoms with Crippen LogP contribution in [-0.2, 0) is 0 Å². The second-order valence-electron chi connectivity index (χ2n) is 14.9. The first kappa shape index (κ1) is 33.7. The molecule has 10 rings (SSSR count). The van der Waals surface area contributed by atoms with Gasteiger partial charge in [-0.15, -0.1) is 0 Å². The van der Waals surface area contributed by atoms with Crippen LogP contribution < -0.4 is 9.80 Å². The molecule has 268 valence electrons. The Balaban J connectivity index is 0.943. The Labute approximate surface area is 329 Å². The van der Waals surface area contributed by atoms with Crippen LogP contribution in [0.4, 0.5) is 28.4 Å². The standard InChI is InChI=1S/C54H42N2/c1-5-13-45-35-51(31-23-41(45)9-1)55(52-32-24-42-10-2-6-14-46(42)36-52)49-27-19-39(20-28-49)17-18-40-21-29-50(30-22-40)56(53-33-25-43-11-3-7-15-47(43)37-53)54-34-26-44-12-4-8-16-48(44)38-54/h1-7,9-15,17-25,27-33,35-38H,8,16,26,34H2/b18-17+. The largest absolute Gasteiger partial charge is 0.314 e. The number of anilines is 5. The Morgan fingerprint density at radius 2 is 0.786 bits per heavy atom. The Kier molecular flexibility index (Phi) is 8.85. The molecule has 2 aliphatic rings. The van der Waals surface area contributed by atoms with Crippen LogP contribution in [0.15, 0.2) is 211 Å². The molecule has 0 saturated heterocycles. The molecule has 2 aliphatic carbocycles. The Morgan fingerprint density at radius 3 is 1.29 bits per heavy atom. The topological polar surface area (TPSA) is 6.48 Å². The van der Waals surface area contributed by atoms with Gasteiger partial charge in [-0.25, -0.2) is 0 Å². The summed E-state index contributed by atoms with van der Waals surface area (Å²) in [4.78, 5) is 4.83. The number of rotatable bonds is 8. The minimum atomic E-state index is 1.02. The molecule has 0 aliphatic heterocycles. The third-order valence-electron chi connectivity index (χ3n) is 11.3. The first-order chi connectivity index (χ1) is 27.7. The second kappa shape index (κ2) is 14.7. The van der Waals surface area contributed by atoms with E-state index >= 15 is 0 Å². The molecule has 0 spiro atoms. The molecule has 56 heavy (non-hydrogen) atoms. The van der Waals surface area contributed by atoms with Gasteiger partial charge in [0.1, 0.15) is 0 Å². The van der Waals surface area contributed by atoms with Crippen molar-refractivity contribution in [3.8, 4) is 0 Å². The van der Waals surface area contributed by atoms with Gasteiger partial charge >= 0.3 is 0 Å². The van der Waals surface area contributed by atoms with Crippen LogP contribution in [0.5, 0.6) is 0 Å². The van der Waals surface area contributed by atoms with Gasteiger partial charge < -0.3 is 9.80 Å². The Bertz CT molecular complexity index is 2770. The van der Waals surface area contributed by atoms with E-state index in [0.29, 0.717) is 0 Å². The van der Waals surface area contributed by atoms with Crippen molar-refractivity contribution in [2.45, 2.75) is 25.7 Å². The van der Waals surface area contributed by atoms with E-state index in [9.17, 15) is 0 Å². The molecule has 2 nitrogen and oxygen atoms in total. The van der Waals surface area contributed by atoms with Crippen molar-refractivity contribution < 1.29 is 0 Å². The Morgan fingerprint density at radius 1 is 0.357 bits per heavy atom. The average Bonchev–Trinajstić information content (AvgIpc) is 3.26. The number of hydrogen-bond donors (Lipinski definition) is 0. The summed E-state index contributed by atoms with van der Waals surface area (Å²) in [6.45, 7) is 0. The lowest BCUT2D eigenvalue weighted by atomic mass is 9.88. The summed E-state index contributed by atoms with van der Waals surface area (Å²) < 4.78 is 0. The van der Waals surface area contributed by atoms with Gasteiger partial charge in [0.05, 0.1) is 0 Å². The predicted molar refractivity (Wildman–Crippen MR) is 240 cm³/mol. The van der Waals surface area contributed by atoms with E-state index in [4.69, 9.17) is 0 Å². The summed E-state index contributed by atoms with van der Waals surface area (Å²) in [6, 6.07) is 64.0. The lowest BCUT2D eigenvalue weighted by Gasteiger charge is -2.32. The Hall–Kier alpha value is -6.90. The number of benzene rings is 8. The van der Waals surface area contributed by atoms with Crippen molar-refractivity contribution in [2.24, 2.45) is 0 Å². The van der Waals surface area contributed by atoms with Crippen molar-refractivity contribution in [1.29, 1.82) is 0 Å². The number of allylic oxidation sites excluding steroid dienone is 6. The molecule has 0 saturated carbocycles. The molecule has 0 radical (unpaired) electrons. The summed E-state index contributed by atoms with van der Waals surface area (Å²) in [5.74, 6) is 0. The van der Waals surface area contributed by atoms with Crippen LogP contribution in [0, 0.1) is 0 Å². The zero-order valence-electron chi connectivity index (χ0n) is 31.4. The zero-order valence-corrected chi connectivity index (χ0v) is 31.4. The summed E-state index contributed by atoms with van der Waals surface area (Å²) in [5, 5.41) is 7.46. The van der Waals surface area contributed by atoms with Gasteiger partial charge in [-0.3, -0.25) is 0 Å². The highest BCUT2D eigenvalue weighted by atomic mass is 15.2. The second-order valence-corrected chi connectivity index (χ2v) is 14.9. The van der Waals surface area contributed by atoms with Gasteiger partial charge in [0.25, 0.3) is 0 Å². The molecule has 0 fully saturated rings. The average molecular weight is 719 g/mol. The van der Waals surface area contributed by atoms with E-state index in [1.807, 2.05) is 0 Å². The van der Waals surface area contributed by atoms with Crippen molar-refractivity contribution >= 4 is 72.9 Å². The van der Waals surface area contributed by atoms with E-state index in [1.54, 1.807) is 0 Å². The molecule has 0 atom stereocenters. The molecule has 0 heterocycles. The van der Waals surface area contributed by atoms with Crippen LogP contribution in [-0.4, -0.2) is 0 Å². The van der Waals surface area contributed by atoms with Crippen LogP contribution in [0.1, 0.15) is 36.8 Å². The lowest BCUT2D eigenvalue weighted by molar-refractivity contribution is 0.833. The normalized spacial score (nSPS) is 14.0. The van der Waals surface area contributed by atoms with E-state index in [0.717, 1.165) is 48.3 Å².